The van der Waals surface area contributed by atoms with Gasteiger partial charge in [-0.05, 0) is 30.7 Å². The normalized spacial score (nSPS) is 23.6. The number of ether oxygens (including phenoxy) is 2. The number of amides is 2. The van der Waals surface area contributed by atoms with Gasteiger partial charge in [-0.2, -0.15) is 0 Å². The van der Waals surface area contributed by atoms with Crippen LogP contribution in [0.25, 0.3) is 0 Å². The van der Waals surface area contributed by atoms with E-state index >= 15 is 0 Å². The minimum Gasteiger partial charge on any atom is -0.447 e. The largest absolute Gasteiger partial charge is 0.447 e. The lowest BCUT2D eigenvalue weighted by atomic mass is 9.86. The van der Waals surface area contributed by atoms with Crippen LogP contribution < -0.4 is 0 Å². The molecule has 2 aliphatic heterocycles. The molecule has 0 aromatic heterocycles. The van der Waals surface area contributed by atoms with E-state index in [1.807, 2.05) is 37.3 Å². The van der Waals surface area contributed by atoms with Crippen LogP contribution in [0.2, 0.25) is 0 Å². The molecule has 0 spiro atoms. The molecular formula is C18H23NO4. The third-order valence-electron chi connectivity index (χ3n) is 4.88. The second-order valence-electron chi connectivity index (χ2n) is 6.37. The molecule has 2 heterocycles. The minimum atomic E-state index is -0.505. The lowest BCUT2D eigenvalue weighted by molar-refractivity contribution is -0.135. The Bertz CT molecular complexity index is 553. The van der Waals surface area contributed by atoms with E-state index in [-0.39, 0.29) is 30.4 Å². The second kappa shape index (κ2) is 7.13. The molecule has 2 atom stereocenters. The summed E-state index contributed by atoms with van der Waals surface area (Å²) < 4.78 is 10.5. The molecule has 2 amide bonds. The zero-order valence-corrected chi connectivity index (χ0v) is 13.4. The van der Waals surface area contributed by atoms with E-state index in [1.165, 1.54) is 4.90 Å². The van der Waals surface area contributed by atoms with Gasteiger partial charge in [0.05, 0.1) is 6.04 Å². The summed E-state index contributed by atoms with van der Waals surface area (Å²) in [5.74, 6) is -0.00909. The van der Waals surface area contributed by atoms with E-state index < -0.39 is 6.09 Å². The van der Waals surface area contributed by atoms with Crippen molar-refractivity contribution in [2.24, 2.45) is 11.8 Å². The van der Waals surface area contributed by atoms with Crippen molar-refractivity contribution in [1.29, 1.82) is 0 Å². The molecule has 3 rings (SSSR count). The molecule has 1 aromatic carbocycles. The highest BCUT2D eigenvalue weighted by atomic mass is 16.6. The lowest BCUT2D eigenvalue weighted by Gasteiger charge is -2.30. The Labute approximate surface area is 136 Å². The highest BCUT2D eigenvalue weighted by molar-refractivity contribution is 5.94. The van der Waals surface area contributed by atoms with Crippen LogP contribution in [-0.2, 0) is 20.7 Å². The van der Waals surface area contributed by atoms with Crippen molar-refractivity contribution in [2.45, 2.75) is 32.2 Å². The third-order valence-corrected chi connectivity index (χ3v) is 4.88. The molecule has 0 bridgehead atoms. The highest BCUT2D eigenvalue weighted by Crippen LogP contribution is 2.28. The van der Waals surface area contributed by atoms with Gasteiger partial charge < -0.3 is 9.47 Å². The first-order valence-electron chi connectivity index (χ1n) is 8.28. The van der Waals surface area contributed by atoms with Gasteiger partial charge in [-0.1, -0.05) is 37.3 Å². The summed E-state index contributed by atoms with van der Waals surface area (Å²) in [4.78, 5) is 26.2. The first-order valence-corrected chi connectivity index (χ1v) is 8.28. The van der Waals surface area contributed by atoms with E-state index in [0.717, 1.165) is 18.4 Å². The van der Waals surface area contributed by atoms with Crippen LogP contribution in [0.3, 0.4) is 0 Å². The van der Waals surface area contributed by atoms with E-state index in [0.29, 0.717) is 19.6 Å². The fraction of sp³-hybridized carbons (Fsp3) is 0.556. The van der Waals surface area contributed by atoms with Crippen LogP contribution in [0.4, 0.5) is 4.79 Å². The molecule has 2 fully saturated rings. The average Bonchev–Trinajstić information content (AvgIpc) is 2.95. The van der Waals surface area contributed by atoms with E-state index in [1.54, 1.807) is 0 Å². The Morgan fingerprint density at radius 2 is 1.96 bits per heavy atom. The number of imide groups is 1. The SMILES string of the molecule is C[C@@H](C(=O)N1C(=O)OC[C@H]1Cc1ccccc1)C1CCOCC1. The molecule has 5 nitrogen and oxygen atoms in total. The van der Waals surface area contributed by atoms with Crippen LogP contribution in [0.1, 0.15) is 25.3 Å². The number of cyclic esters (lactones) is 1. The minimum absolute atomic E-state index is 0.111. The van der Waals surface area contributed by atoms with Crippen molar-refractivity contribution in [3.63, 3.8) is 0 Å². The Morgan fingerprint density at radius 1 is 1.26 bits per heavy atom. The van der Waals surface area contributed by atoms with Gasteiger partial charge in [0.2, 0.25) is 5.91 Å². The summed E-state index contributed by atoms with van der Waals surface area (Å²) in [7, 11) is 0. The average molecular weight is 317 g/mol. The van der Waals surface area contributed by atoms with Crippen molar-refractivity contribution in [3.05, 3.63) is 35.9 Å². The number of rotatable bonds is 4. The first-order chi connectivity index (χ1) is 11.2. The van der Waals surface area contributed by atoms with E-state index in [9.17, 15) is 9.59 Å². The van der Waals surface area contributed by atoms with Gasteiger partial charge in [-0.25, -0.2) is 9.69 Å². The maximum atomic E-state index is 12.8. The summed E-state index contributed by atoms with van der Waals surface area (Å²) in [6.45, 7) is 3.59. The molecule has 124 valence electrons. The monoisotopic (exact) mass is 317 g/mol. The maximum absolute atomic E-state index is 12.8. The predicted octanol–water partition coefficient (Wildman–Crippen LogP) is 2.64. The Kier molecular flexibility index (Phi) is 4.96. The van der Waals surface area contributed by atoms with Crippen molar-refractivity contribution >= 4 is 12.0 Å². The molecule has 2 aliphatic rings. The molecule has 5 heteroatoms. The van der Waals surface area contributed by atoms with E-state index in [2.05, 4.69) is 0 Å². The van der Waals surface area contributed by atoms with Gasteiger partial charge in [0, 0.05) is 19.1 Å². The third kappa shape index (κ3) is 3.55. The Hall–Kier alpha value is -1.88. The molecule has 0 unspecified atom stereocenters. The molecule has 0 N–H and O–H groups in total. The lowest BCUT2D eigenvalue weighted by Crippen LogP contribution is -2.45. The van der Waals surface area contributed by atoms with Gasteiger partial charge >= 0.3 is 6.09 Å². The number of carbonyl (C=O) groups is 2. The summed E-state index contributed by atoms with van der Waals surface area (Å²) in [5.41, 5.74) is 1.10. The molecule has 0 aliphatic carbocycles. The first kappa shape index (κ1) is 16.0. The quantitative estimate of drug-likeness (QED) is 0.856. The summed E-state index contributed by atoms with van der Waals surface area (Å²) in [6.07, 6.45) is 1.88. The topological polar surface area (TPSA) is 55.8 Å². The number of carbonyl (C=O) groups excluding carboxylic acids is 2. The number of hydrogen-bond donors (Lipinski definition) is 0. The van der Waals surface area contributed by atoms with Gasteiger partial charge in [-0.3, -0.25) is 4.79 Å². The summed E-state index contributed by atoms with van der Waals surface area (Å²) in [6, 6.07) is 9.68. The van der Waals surface area contributed by atoms with Gasteiger partial charge in [0.15, 0.2) is 0 Å². The van der Waals surface area contributed by atoms with Gasteiger partial charge in [0.25, 0.3) is 0 Å². The molecule has 2 saturated heterocycles. The van der Waals surface area contributed by atoms with Crippen molar-refractivity contribution in [3.8, 4) is 0 Å². The van der Waals surface area contributed by atoms with Gasteiger partial charge in [-0.15, -0.1) is 0 Å². The van der Waals surface area contributed by atoms with Crippen LogP contribution in [0.15, 0.2) is 30.3 Å². The standard InChI is InChI=1S/C18H23NO4/c1-13(15-7-9-22-10-8-15)17(20)19-16(12-23-18(19)21)11-14-5-3-2-4-6-14/h2-6,13,15-16H,7-12H2,1H3/t13-,16-/m1/s1. The maximum Gasteiger partial charge on any atom is 0.416 e. The highest BCUT2D eigenvalue weighted by Gasteiger charge is 2.41. The van der Waals surface area contributed by atoms with E-state index in [4.69, 9.17) is 9.47 Å². The van der Waals surface area contributed by atoms with Crippen molar-refractivity contribution in [2.75, 3.05) is 19.8 Å². The number of nitrogens with zero attached hydrogens (tertiary/aromatic N) is 1. The van der Waals surface area contributed by atoms with Crippen LogP contribution in [-0.4, -0.2) is 42.8 Å². The van der Waals surface area contributed by atoms with Crippen LogP contribution >= 0.6 is 0 Å². The predicted molar refractivity (Wildman–Crippen MR) is 84.8 cm³/mol. The molecule has 0 radical (unpaired) electrons. The fourth-order valence-electron chi connectivity index (χ4n) is 3.40. The van der Waals surface area contributed by atoms with Gasteiger partial charge in [0.1, 0.15) is 6.61 Å². The zero-order chi connectivity index (χ0) is 16.2. The molecule has 1 aromatic rings. The van der Waals surface area contributed by atoms with Crippen molar-refractivity contribution in [1.82, 2.24) is 4.90 Å². The smallest absolute Gasteiger partial charge is 0.416 e. The Morgan fingerprint density at radius 3 is 2.65 bits per heavy atom. The van der Waals surface area contributed by atoms with Crippen LogP contribution in [0.5, 0.6) is 0 Å². The van der Waals surface area contributed by atoms with Crippen molar-refractivity contribution < 1.29 is 19.1 Å². The number of hydrogen-bond acceptors (Lipinski definition) is 4. The number of benzene rings is 1. The summed E-state index contributed by atoms with van der Waals surface area (Å²) >= 11 is 0. The van der Waals surface area contributed by atoms with Crippen LogP contribution in [0, 0.1) is 11.8 Å². The second-order valence-corrected chi connectivity index (χ2v) is 6.37. The fourth-order valence-corrected chi connectivity index (χ4v) is 3.40. The molecule has 23 heavy (non-hydrogen) atoms. The summed E-state index contributed by atoms with van der Waals surface area (Å²) in [5, 5.41) is 0. The molecular weight excluding hydrogens is 294 g/mol. The molecule has 0 saturated carbocycles. The zero-order valence-electron chi connectivity index (χ0n) is 13.4. The Balaban J connectivity index is 1.70.